The highest BCUT2D eigenvalue weighted by Gasteiger charge is 2.33. The molecule has 4 aliphatic rings. The molecule has 2 saturated heterocycles. The van der Waals surface area contributed by atoms with E-state index in [1.807, 2.05) is 18.2 Å². The smallest absolute Gasteiger partial charge is 0.338 e. The topological polar surface area (TPSA) is 69.8 Å². The first-order valence-corrected chi connectivity index (χ1v) is 13.4. The van der Waals surface area contributed by atoms with Crippen molar-refractivity contribution in [2.75, 3.05) is 26.4 Å². The Bertz CT molecular complexity index is 814. The molecule has 0 spiro atoms. The summed E-state index contributed by atoms with van der Waals surface area (Å²) in [7, 11) is 0. The van der Waals surface area contributed by atoms with E-state index in [1.54, 1.807) is 0 Å². The van der Waals surface area contributed by atoms with Crippen molar-refractivity contribution >= 4 is 5.97 Å². The van der Waals surface area contributed by atoms with E-state index in [0.29, 0.717) is 24.4 Å². The zero-order chi connectivity index (χ0) is 23.5. The fourth-order valence-corrected chi connectivity index (χ4v) is 5.64. The van der Waals surface area contributed by atoms with Crippen molar-refractivity contribution < 1.29 is 28.5 Å². The fourth-order valence-electron chi connectivity index (χ4n) is 5.64. The highest BCUT2D eigenvalue weighted by Crippen LogP contribution is 2.40. The second kappa shape index (κ2) is 11.0. The first-order valence-electron chi connectivity index (χ1n) is 13.4. The Kier molecular flexibility index (Phi) is 7.77. The standard InChI is InChI=1S/C28H40O6/c1-18(2)26-13-21(7-12-27(26)33-17-25-16-32-25)28(29)34-23-10-5-20(6-11-23)19-3-8-22(9-4-19)30-14-24-15-31-24/h7,12-13,18-20,22-25H,3-6,8-11,14-17H2,1-2H3. The van der Waals surface area contributed by atoms with Crippen LogP contribution < -0.4 is 4.74 Å². The molecule has 2 saturated carbocycles. The predicted molar refractivity (Wildman–Crippen MR) is 128 cm³/mol. The predicted octanol–water partition coefficient (Wildman–Crippen LogP) is 5.28. The second-order valence-electron chi connectivity index (χ2n) is 10.9. The zero-order valence-electron chi connectivity index (χ0n) is 20.7. The molecule has 6 nitrogen and oxygen atoms in total. The van der Waals surface area contributed by atoms with Gasteiger partial charge in [0.15, 0.2) is 0 Å². The molecule has 2 heterocycles. The number of benzene rings is 1. The van der Waals surface area contributed by atoms with Crippen molar-refractivity contribution in [3.05, 3.63) is 29.3 Å². The van der Waals surface area contributed by atoms with Crippen molar-refractivity contribution in [2.24, 2.45) is 11.8 Å². The lowest BCUT2D eigenvalue weighted by Crippen LogP contribution is -2.31. The minimum atomic E-state index is -0.209. The lowest BCUT2D eigenvalue weighted by atomic mass is 9.72. The number of rotatable bonds is 10. The number of hydrogen-bond acceptors (Lipinski definition) is 6. The van der Waals surface area contributed by atoms with Crippen molar-refractivity contribution in [2.45, 2.75) is 95.5 Å². The quantitative estimate of drug-likeness (QED) is 0.341. The minimum Gasteiger partial charge on any atom is -0.490 e. The molecule has 2 unspecified atom stereocenters. The van der Waals surface area contributed by atoms with Gasteiger partial charge in [0, 0.05) is 0 Å². The van der Waals surface area contributed by atoms with Gasteiger partial charge in [0.25, 0.3) is 0 Å². The van der Waals surface area contributed by atoms with Crippen LogP contribution in [0.2, 0.25) is 0 Å². The Morgan fingerprint density at radius 3 is 2.06 bits per heavy atom. The van der Waals surface area contributed by atoms with Gasteiger partial charge < -0.3 is 23.7 Å². The number of carbonyl (C=O) groups excluding carboxylic acids is 1. The van der Waals surface area contributed by atoms with Crippen LogP contribution in [-0.2, 0) is 18.9 Å². The van der Waals surface area contributed by atoms with E-state index in [2.05, 4.69) is 13.8 Å². The number of carbonyl (C=O) groups is 1. The molecule has 5 rings (SSSR count). The van der Waals surface area contributed by atoms with Crippen LogP contribution >= 0.6 is 0 Å². The molecule has 34 heavy (non-hydrogen) atoms. The fraction of sp³-hybridized carbons (Fsp3) is 0.750. The van der Waals surface area contributed by atoms with E-state index < -0.39 is 0 Å². The summed E-state index contributed by atoms with van der Waals surface area (Å²) in [5, 5.41) is 0. The van der Waals surface area contributed by atoms with Crippen LogP contribution in [0.1, 0.15) is 87.1 Å². The van der Waals surface area contributed by atoms with E-state index in [9.17, 15) is 4.79 Å². The molecule has 2 aliphatic carbocycles. The van der Waals surface area contributed by atoms with Crippen molar-refractivity contribution in [3.63, 3.8) is 0 Å². The first-order chi connectivity index (χ1) is 16.5. The third kappa shape index (κ3) is 6.52. The van der Waals surface area contributed by atoms with Gasteiger partial charge in [-0.1, -0.05) is 13.8 Å². The van der Waals surface area contributed by atoms with Gasteiger partial charge in [-0.25, -0.2) is 4.79 Å². The molecule has 2 aliphatic heterocycles. The Morgan fingerprint density at radius 2 is 1.47 bits per heavy atom. The first kappa shape index (κ1) is 24.1. The van der Waals surface area contributed by atoms with E-state index in [1.165, 1.54) is 25.7 Å². The minimum absolute atomic E-state index is 0.0346. The van der Waals surface area contributed by atoms with Crippen molar-refractivity contribution in [3.8, 4) is 5.75 Å². The maximum atomic E-state index is 12.9. The van der Waals surface area contributed by atoms with Gasteiger partial charge in [0.2, 0.25) is 0 Å². The van der Waals surface area contributed by atoms with E-state index in [-0.39, 0.29) is 24.1 Å². The van der Waals surface area contributed by atoms with Gasteiger partial charge >= 0.3 is 5.97 Å². The van der Waals surface area contributed by atoms with Crippen LogP contribution in [0.5, 0.6) is 5.75 Å². The summed E-state index contributed by atoms with van der Waals surface area (Å²) in [6.07, 6.45) is 10.2. The summed E-state index contributed by atoms with van der Waals surface area (Å²) in [4.78, 5) is 12.9. The molecule has 6 heteroatoms. The normalized spacial score (nSPS) is 32.9. The van der Waals surface area contributed by atoms with Gasteiger partial charge in [0.1, 0.15) is 30.7 Å². The molecular weight excluding hydrogens is 432 g/mol. The third-order valence-corrected chi connectivity index (χ3v) is 7.99. The van der Waals surface area contributed by atoms with Crippen LogP contribution in [-0.4, -0.2) is 56.8 Å². The number of esters is 1. The monoisotopic (exact) mass is 472 g/mol. The maximum absolute atomic E-state index is 12.9. The summed E-state index contributed by atoms with van der Waals surface area (Å²) >= 11 is 0. The molecule has 0 amide bonds. The van der Waals surface area contributed by atoms with Crippen LogP contribution in [0.4, 0.5) is 0 Å². The number of epoxide rings is 2. The molecule has 1 aromatic carbocycles. The Morgan fingerprint density at radius 1 is 0.882 bits per heavy atom. The molecule has 0 bridgehead atoms. The van der Waals surface area contributed by atoms with E-state index in [4.69, 9.17) is 23.7 Å². The third-order valence-electron chi connectivity index (χ3n) is 7.99. The van der Waals surface area contributed by atoms with Gasteiger partial charge in [-0.15, -0.1) is 0 Å². The summed E-state index contributed by atoms with van der Waals surface area (Å²) in [5.41, 5.74) is 1.67. The highest BCUT2D eigenvalue weighted by molar-refractivity contribution is 5.90. The lowest BCUT2D eigenvalue weighted by molar-refractivity contribution is -0.00857. The SMILES string of the molecule is CC(C)c1cc(C(=O)OC2CCC(C3CCC(OCC4CO4)CC3)CC2)ccc1OCC1CO1. The number of hydrogen-bond donors (Lipinski definition) is 0. The summed E-state index contributed by atoms with van der Waals surface area (Å²) < 4.78 is 28.4. The van der Waals surface area contributed by atoms with Crippen LogP contribution in [0.25, 0.3) is 0 Å². The maximum Gasteiger partial charge on any atom is 0.338 e. The van der Waals surface area contributed by atoms with Gasteiger partial charge in [-0.2, -0.15) is 0 Å². The van der Waals surface area contributed by atoms with E-state index in [0.717, 1.165) is 68.7 Å². The average molecular weight is 473 g/mol. The van der Waals surface area contributed by atoms with Gasteiger partial charge in [0.05, 0.1) is 31.5 Å². The van der Waals surface area contributed by atoms with E-state index >= 15 is 0 Å². The molecule has 188 valence electrons. The van der Waals surface area contributed by atoms with Crippen LogP contribution in [0.3, 0.4) is 0 Å². The van der Waals surface area contributed by atoms with Crippen molar-refractivity contribution in [1.82, 2.24) is 0 Å². The van der Waals surface area contributed by atoms with Crippen molar-refractivity contribution in [1.29, 1.82) is 0 Å². The lowest BCUT2D eigenvalue weighted by Gasteiger charge is -2.37. The molecule has 1 aromatic rings. The molecular formula is C28H40O6. The van der Waals surface area contributed by atoms with Crippen LogP contribution in [0.15, 0.2) is 18.2 Å². The molecule has 2 atom stereocenters. The van der Waals surface area contributed by atoms with Gasteiger partial charge in [-0.05, 0) is 92.9 Å². The largest absolute Gasteiger partial charge is 0.490 e. The molecule has 0 radical (unpaired) electrons. The van der Waals surface area contributed by atoms with Crippen LogP contribution in [0, 0.1) is 11.8 Å². The number of ether oxygens (including phenoxy) is 5. The zero-order valence-corrected chi connectivity index (χ0v) is 20.7. The second-order valence-corrected chi connectivity index (χ2v) is 10.9. The average Bonchev–Trinajstić information content (AvgIpc) is 3.77. The Labute approximate surface area is 203 Å². The Balaban J connectivity index is 1.06. The summed E-state index contributed by atoms with van der Waals surface area (Å²) in [6.45, 7) is 7.22. The summed E-state index contributed by atoms with van der Waals surface area (Å²) in [6, 6.07) is 5.68. The molecule has 0 aromatic heterocycles. The highest BCUT2D eigenvalue weighted by atomic mass is 16.6. The molecule has 0 N–H and O–H groups in total. The summed E-state index contributed by atoms with van der Waals surface area (Å²) in [5.74, 6) is 2.46. The van der Waals surface area contributed by atoms with Gasteiger partial charge in [-0.3, -0.25) is 0 Å². The Hall–Kier alpha value is -1.63. The molecule has 4 fully saturated rings.